The van der Waals surface area contributed by atoms with E-state index in [-0.39, 0.29) is 19.0 Å². The fraction of sp³-hybridized carbons (Fsp3) is 0.389. The second kappa shape index (κ2) is 7.37. The number of halogens is 1. The number of carbonyl (C=O) groups is 1. The van der Waals surface area contributed by atoms with Gasteiger partial charge in [0, 0.05) is 10.7 Å². The van der Waals surface area contributed by atoms with Crippen LogP contribution in [-0.2, 0) is 17.9 Å². The average Bonchev–Trinajstić information content (AvgIpc) is 3.00. The van der Waals surface area contributed by atoms with Crippen LogP contribution in [0, 0.1) is 6.92 Å². The maximum absolute atomic E-state index is 13.0. The Hall–Kier alpha value is -2.54. The number of ether oxygens (including phenoxy) is 1. The number of rotatable bonds is 5. The van der Waals surface area contributed by atoms with Crippen LogP contribution in [0.15, 0.2) is 27.8 Å². The number of nitrogens with zero attached hydrogens (tertiary/aromatic N) is 1. The van der Waals surface area contributed by atoms with Gasteiger partial charge in [-0.2, -0.15) is 0 Å². The fourth-order valence-corrected chi connectivity index (χ4v) is 3.28. The number of amides is 1. The zero-order valence-electron chi connectivity index (χ0n) is 14.6. The molecule has 2 aromatic rings. The summed E-state index contributed by atoms with van der Waals surface area (Å²) in [7, 11) is 0. The first-order valence-electron chi connectivity index (χ1n) is 8.45. The molecule has 7 nitrogen and oxygen atoms in total. The van der Waals surface area contributed by atoms with Crippen LogP contribution in [0.5, 0.6) is 5.75 Å². The molecule has 1 aliphatic heterocycles. The Morgan fingerprint density at radius 1 is 1.31 bits per heavy atom. The Bertz CT molecular complexity index is 950. The molecule has 1 amide bonds. The monoisotopic (exact) mass is 377 g/mol. The Morgan fingerprint density at radius 3 is 2.77 bits per heavy atom. The van der Waals surface area contributed by atoms with Gasteiger partial charge < -0.3 is 14.6 Å². The van der Waals surface area contributed by atoms with Crippen LogP contribution in [0.25, 0.3) is 0 Å². The van der Waals surface area contributed by atoms with Crippen molar-refractivity contribution in [2.45, 2.75) is 45.9 Å². The van der Waals surface area contributed by atoms with E-state index in [0.717, 1.165) is 12.0 Å². The van der Waals surface area contributed by atoms with Gasteiger partial charge in [0.05, 0.1) is 18.7 Å². The molecule has 0 fully saturated rings. The summed E-state index contributed by atoms with van der Waals surface area (Å²) in [6, 6.07) is 5.24. The van der Waals surface area contributed by atoms with E-state index < -0.39 is 17.4 Å². The number of H-pyrrole nitrogens is 2. The van der Waals surface area contributed by atoms with Crippen molar-refractivity contribution in [3.05, 3.63) is 60.9 Å². The first kappa shape index (κ1) is 18.3. The van der Waals surface area contributed by atoms with Crippen LogP contribution < -0.4 is 16.0 Å². The molecule has 26 heavy (non-hydrogen) atoms. The standard InChI is InChI=1S/C18H20ClN3O4/c1-3-4-15(26-14-6-5-11(19)7-10(14)2)17(24)22-8-12-13(9-22)20-18(25)21-16(12)23/h5-7,15H,3-4,8-9H2,1-2H3,(H2,20,21,23,25). The molecule has 0 saturated carbocycles. The highest BCUT2D eigenvalue weighted by Crippen LogP contribution is 2.25. The largest absolute Gasteiger partial charge is 0.480 e. The molecule has 1 atom stereocenters. The molecular weight excluding hydrogens is 358 g/mol. The van der Waals surface area contributed by atoms with Gasteiger partial charge in [-0.1, -0.05) is 24.9 Å². The lowest BCUT2D eigenvalue weighted by atomic mass is 10.1. The van der Waals surface area contributed by atoms with Gasteiger partial charge >= 0.3 is 5.69 Å². The molecule has 138 valence electrons. The van der Waals surface area contributed by atoms with Crippen molar-refractivity contribution in [2.75, 3.05) is 0 Å². The van der Waals surface area contributed by atoms with E-state index in [4.69, 9.17) is 16.3 Å². The van der Waals surface area contributed by atoms with E-state index in [0.29, 0.717) is 28.5 Å². The van der Waals surface area contributed by atoms with E-state index in [1.165, 1.54) is 4.90 Å². The van der Waals surface area contributed by atoms with E-state index in [1.54, 1.807) is 18.2 Å². The zero-order chi connectivity index (χ0) is 18.8. The number of aryl methyl sites for hydroxylation is 1. The Morgan fingerprint density at radius 2 is 2.08 bits per heavy atom. The van der Waals surface area contributed by atoms with Gasteiger partial charge in [-0.15, -0.1) is 0 Å². The molecule has 0 radical (unpaired) electrons. The summed E-state index contributed by atoms with van der Waals surface area (Å²) in [5.41, 5.74) is 0.708. The van der Waals surface area contributed by atoms with Crippen LogP contribution >= 0.6 is 11.6 Å². The molecule has 0 aliphatic carbocycles. The average molecular weight is 378 g/mol. The highest BCUT2D eigenvalue weighted by Gasteiger charge is 2.32. The molecule has 1 aliphatic rings. The Labute approximate surface area is 155 Å². The van der Waals surface area contributed by atoms with Gasteiger partial charge in [-0.25, -0.2) is 4.79 Å². The summed E-state index contributed by atoms with van der Waals surface area (Å²) < 4.78 is 5.96. The van der Waals surface area contributed by atoms with Crippen molar-refractivity contribution in [3.8, 4) is 5.75 Å². The minimum atomic E-state index is -0.667. The lowest BCUT2D eigenvalue weighted by molar-refractivity contribution is -0.139. The number of fused-ring (bicyclic) bond motifs is 1. The van der Waals surface area contributed by atoms with Crippen molar-refractivity contribution < 1.29 is 9.53 Å². The third-order valence-corrected chi connectivity index (χ3v) is 4.61. The van der Waals surface area contributed by atoms with Crippen LogP contribution in [0.1, 0.15) is 36.6 Å². The fourth-order valence-electron chi connectivity index (χ4n) is 3.05. The van der Waals surface area contributed by atoms with E-state index in [2.05, 4.69) is 9.97 Å². The quantitative estimate of drug-likeness (QED) is 0.834. The smallest absolute Gasteiger partial charge is 0.325 e. The van der Waals surface area contributed by atoms with Crippen molar-refractivity contribution in [2.24, 2.45) is 0 Å². The number of nitrogens with one attached hydrogen (secondary N) is 2. The summed E-state index contributed by atoms with van der Waals surface area (Å²) in [4.78, 5) is 42.6. The zero-order valence-corrected chi connectivity index (χ0v) is 15.4. The van der Waals surface area contributed by atoms with Gasteiger partial charge in [0.2, 0.25) is 0 Å². The first-order valence-corrected chi connectivity index (χ1v) is 8.82. The first-order chi connectivity index (χ1) is 12.4. The molecule has 0 saturated heterocycles. The Kier molecular flexibility index (Phi) is 5.18. The molecule has 8 heteroatoms. The van der Waals surface area contributed by atoms with Gasteiger partial charge in [0.1, 0.15) is 5.75 Å². The third-order valence-electron chi connectivity index (χ3n) is 4.37. The van der Waals surface area contributed by atoms with Gasteiger partial charge in [0.15, 0.2) is 6.10 Å². The predicted molar refractivity (Wildman–Crippen MR) is 97.5 cm³/mol. The topological polar surface area (TPSA) is 95.3 Å². The van der Waals surface area contributed by atoms with E-state index in [9.17, 15) is 14.4 Å². The normalized spacial score (nSPS) is 14.2. The van der Waals surface area contributed by atoms with Crippen molar-refractivity contribution in [3.63, 3.8) is 0 Å². The van der Waals surface area contributed by atoms with Crippen molar-refractivity contribution >= 4 is 17.5 Å². The number of hydrogen-bond acceptors (Lipinski definition) is 4. The van der Waals surface area contributed by atoms with E-state index >= 15 is 0 Å². The lowest BCUT2D eigenvalue weighted by Crippen LogP contribution is -2.39. The van der Waals surface area contributed by atoms with Crippen LogP contribution in [-0.4, -0.2) is 26.9 Å². The maximum atomic E-state index is 13.0. The number of aromatic amines is 2. The SMILES string of the molecule is CCCC(Oc1ccc(Cl)cc1C)C(=O)N1Cc2[nH]c(=O)[nH]c(=O)c2C1. The summed E-state index contributed by atoms with van der Waals surface area (Å²) >= 11 is 5.97. The number of aromatic nitrogens is 2. The van der Waals surface area contributed by atoms with E-state index in [1.807, 2.05) is 13.8 Å². The van der Waals surface area contributed by atoms with Gasteiger partial charge in [-0.3, -0.25) is 14.6 Å². The van der Waals surface area contributed by atoms with Gasteiger partial charge in [-0.05, 0) is 37.1 Å². The lowest BCUT2D eigenvalue weighted by Gasteiger charge is -2.24. The highest BCUT2D eigenvalue weighted by atomic mass is 35.5. The summed E-state index contributed by atoms with van der Waals surface area (Å²) in [5, 5.41) is 0.603. The van der Waals surface area contributed by atoms with Crippen LogP contribution in [0.3, 0.4) is 0 Å². The molecule has 2 heterocycles. The molecule has 1 aromatic heterocycles. The second-order valence-corrected chi connectivity index (χ2v) is 6.80. The molecule has 1 aromatic carbocycles. The van der Waals surface area contributed by atoms with Crippen molar-refractivity contribution in [1.29, 1.82) is 0 Å². The second-order valence-electron chi connectivity index (χ2n) is 6.36. The Balaban J connectivity index is 1.80. The van der Waals surface area contributed by atoms with Crippen molar-refractivity contribution in [1.82, 2.24) is 14.9 Å². The highest BCUT2D eigenvalue weighted by molar-refractivity contribution is 6.30. The van der Waals surface area contributed by atoms with Gasteiger partial charge in [0.25, 0.3) is 11.5 Å². The predicted octanol–water partition coefficient (Wildman–Crippen LogP) is 2.11. The number of benzene rings is 1. The maximum Gasteiger partial charge on any atom is 0.325 e. The third kappa shape index (κ3) is 3.67. The molecule has 1 unspecified atom stereocenters. The van der Waals surface area contributed by atoms with Crippen LogP contribution in [0.4, 0.5) is 0 Å². The number of carbonyl (C=O) groups excluding carboxylic acids is 1. The number of hydrogen-bond donors (Lipinski definition) is 2. The summed E-state index contributed by atoms with van der Waals surface area (Å²) in [6.07, 6.45) is 0.641. The van der Waals surface area contributed by atoms with Crippen LogP contribution in [0.2, 0.25) is 5.02 Å². The minimum Gasteiger partial charge on any atom is -0.480 e. The summed E-state index contributed by atoms with van der Waals surface area (Å²) in [6.45, 7) is 4.18. The molecule has 3 rings (SSSR count). The molecule has 0 bridgehead atoms. The molecule has 2 N–H and O–H groups in total. The minimum absolute atomic E-state index is 0.156. The molecular formula is C18H20ClN3O4. The summed E-state index contributed by atoms with van der Waals surface area (Å²) in [5.74, 6) is 0.391. The molecule has 0 spiro atoms.